The molecular weight excluding hydrogens is 480 g/mol. The van der Waals surface area contributed by atoms with E-state index in [4.69, 9.17) is 11.6 Å². The van der Waals surface area contributed by atoms with Gasteiger partial charge in [0.2, 0.25) is 0 Å². The molecule has 4 heterocycles. The van der Waals surface area contributed by atoms with E-state index < -0.39 is 0 Å². The summed E-state index contributed by atoms with van der Waals surface area (Å²) < 4.78 is 2.34. The van der Waals surface area contributed by atoms with Gasteiger partial charge in [0.25, 0.3) is 5.91 Å². The fourth-order valence-corrected chi connectivity index (χ4v) is 6.97. The molecule has 3 aromatic rings. The summed E-state index contributed by atoms with van der Waals surface area (Å²) in [5.41, 5.74) is 4.83. The summed E-state index contributed by atoms with van der Waals surface area (Å²) in [6, 6.07) is 9.95. The van der Waals surface area contributed by atoms with Gasteiger partial charge in [0.15, 0.2) is 0 Å². The fourth-order valence-electron chi connectivity index (χ4n) is 3.64. The summed E-state index contributed by atoms with van der Waals surface area (Å²) in [6.45, 7) is 3.00. The number of carbonyl (C=O) groups is 1. The number of nitrogens with zero attached hydrogens (tertiary/aromatic N) is 3. The smallest absolute Gasteiger partial charge is 0.272 e. The Bertz CT molecular complexity index is 1040. The van der Waals surface area contributed by atoms with E-state index in [2.05, 4.69) is 37.1 Å². The van der Waals surface area contributed by atoms with Crippen molar-refractivity contribution in [3.63, 3.8) is 0 Å². The number of thioether (sulfide) groups is 1. The molecule has 0 spiro atoms. The number of thiophene rings is 1. The van der Waals surface area contributed by atoms with Gasteiger partial charge in [-0.1, -0.05) is 11.6 Å². The highest BCUT2D eigenvalue weighted by molar-refractivity contribution is 9.11. The van der Waals surface area contributed by atoms with Crippen molar-refractivity contribution >= 4 is 62.2 Å². The molecule has 144 valence electrons. The lowest BCUT2D eigenvalue weighted by Crippen LogP contribution is -2.49. The molecule has 1 saturated heterocycles. The predicted molar refractivity (Wildman–Crippen MR) is 119 cm³/mol. The number of carbonyl (C=O) groups excluding carboxylic acids is 1. The predicted octanol–water partition coefficient (Wildman–Crippen LogP) is 5.12. The molecule has 28 heavy (non-hydrogen) atoms. The minimum Gasteiger partial charge on any atom is -0.368 e. The number of H-pyrrole nitrogens is 1. The number of rotatable bonds is 2. The topological polar surface area (TPSA) is 52.2 Å². The van der Waals surface area contributed by atoms with Crippen molar-refractivity contribution < 1.29 is 4.79 Å². The quantitative estimate of drug-likeness (QED) is 0.536. The molecule has 0 radical (unpaired) electrons. The third kappa shape index (κ3) is 3.26. The average Bonchev–Trinajstić information content (AvgIpc) is 3.30. The van der Waals surface area contributed by atoms with Crippen LogP contribution in [-0.2, 0) is 5.75 Å². The number of aromatic amines is 1. The Kier molecular flexibility index (Phi) is 4.90. The number of nitrogens with one attached hydrogen (secondary N) is 1. The number of piperazine rings is 1. The number of fused-ring (bicyclic) bond motifs is 3. The third-order valence-electron chi connectivity index (χ3n) is 5.11. The van der Waals surface area contributed by atoms with Crippen LogP contribution in [0.15, 0.2) is 38.3 Å². The number of hydrogen-bond acceptors (Lipinski definition) is 5. The highest BCUT2D eigenvalue weighted by Gasteiger charge is 2.30. The first kappa shape index (κ1) is 18.5. The average molecular weight is 496 g/mol. The molecule has 1 amide bonds. The van der Waals surface area contributed by atoms with Crippen LogP contribution in [0.5, 0.6) is 0 Å². The minimum absolute atomic E-state index is 0.0443. The van der Waals surface area contributed by atoms with Crippen molar-refractivity contribution in [1.82, 2.24) is 15.1 Å². The van der Waals surface area contributed by atoms with Crippen molar-refractivity contribution in [2.75, 3.05) is 31.1 Å². The van der Waals surface area contributed by atoms with Crippen LogP contribution in [0.2, 0.25) is 5.02 Å². The molecule has 9 heteroatoms. The van der Waals surface area contributed by atoms with Crippen LogP contribution in [0, 0.1) is 0 Å². The van der Waals surface area contributed by atoms with Crippen LogP contribution in [0.1, 0.15) is 16.1 Å². The lowest BCUT2D eigenvalue weighted by atomic mass is 10.1. The molecule has 0 atom stereocenters. The standard InChI is InChI=1S/C19H16BrClN4OS2/c20-15-9-13-16-14(10-27-19(13)28-15)17(23-22-16)18(26)25-7-5-24(6-8-25)12-3-1-11(21)2-4-12/h1-4,9H,5-8,10H2,(H,22,23). The van der Waals surface area contributed by atoms with Crippen molar-refractivity contribution in [2.45, 2.75) is 9.96 Å². The summed E-state index contributed by atoms with van der Waals surface area (Å²) in [6.07, 6.45) is 0. The van der Waals surface area contributed by atoms with Gasteiger partial charge in [0.1, 0.15) is 5.69 Å². The van der Waals surface area contributed by atoms with Crippen molar-refractivity contribution in [3.8, 4) is 11.3 Å². The maximum Gasteiger partial charge on any atom is 0.272 e. The zero-order valence-electron chi connectivity index (χ0n) is 14.7. The zero-order valence-corrected chi connectivity index (χ0v) is 18.7. The van der Waals surface area contributed by atoms with E-state index in [1.807, 2.05) is 29.2 Å². The molecule has 1 aromatic carbocycles. The van der Waals surface area contributed by atoms with Gasteiger partial charge in [-0.05, 0) is 46.3 Å². The summed E-state index contributed by atoms with van der Waals surface area (Å²) in [5.74, 6) is 0.820. The summed E-state index contributed by atoms with van der Waals surface area (Å²) in [7, 11) is 0. The van der Waals surface area contributed by atoms with Gasteiger partial charge >= 0.3 is 0 Å². The number of anilines is 1. The first-order valence-electron chi connectivity index (χ1n) is 8.89. The normalized spacial score (nSPS) is 16.1. The summed E-state index contributed by atoms with van der Waals surface area (Å²) in [5, 5.41) is 8.23. The van der Waals surface area contributed by atoms with Gasteiger partial charge in [0.05, 0.1) is 13.7 Å². The van der Waals surface area contributed by atoms with Crippen LogP contribution >= 0.6 is 50.6 Å². The molecular formula is C19H16BrClN4OS2. The molecule has 1 fully saturated rings. The Morgan fingerprint density at radius 3 is 2.68 bits per heavy atom. The SMILES string of the molecule is O=C(c1[nH]nc2c1CSc1sc(Br)cc1-2)N1CCN(c2ccc(Cl)cc2)CC1. The molecule has 2 aliphatic rings. The summed E-state index contributed by atoms with van der Waals surface area (Å²) >= 11 is 13.0. The van der Waals surface area contributed by atoms with E-state index in [0.717, 1.165) is 50.2 Å². The molecule has 5 nitrogen and oxygen atoms in total. The van der Waals surface area contributed by atoms with Crippen LogP contribution in [0.25, 0.3) is 11.3 Å². The second-order valence-corrected chi connectivity index (χ2v) is 10.8. The van der Waals surface area contributed by atoms with Gasteiger partial charge in [-0.15, -0.1) is 23.1 Å². The number of benzene rings is 1. The molecule has 0 bridgehead atoms. The van der Waals surface area contributed by atoms with Gasteiger partial charge in [-0.25, -0.2) is 0 Å². The van der Waals surface area contributed by atoms with Crippen molar-refractivity contribution in [1.29, 1.82) is 0 Å². The Balaban J connectivity index is 1.32. The minimum atomic E-state index is 0.0443. The molecule has 0 aliphatic carbocycles. The molecule has 5 rings (SSSR count). The first-order valence-corrected chi connectivity index (χ1v) is 11.9. The van der Waals surface area contributed by atoms with Gasteiger partial charge in [0, 0.05) is 53.8 Å². The van der Waals surface area contributed by atoms with Crippen molar-refractivity contribution in [3.05, 3.63) is 50.4 Å². The zero-order chi connectivity index (χ0) is 19.3. The van der Waals surface area contributed by atoms with E-state index in [0.29, 0.717) is 18.8 Å². The maximum absolute atomic E-state index is 13.1. The first-order chi connectivity index (χ1) is 13.6. The third-order valence-corrected chi connectivity index (χ3v) is 8.31. The Morgan fingerprint density at radius 1 is 1.18 bits per heavy atom. The maximum atomic E-state index is 13.1. The lowest BCUT2D eigenvalue weighted by molar-refractivity contribution is 0.0740. The lowest BCUT2D eigenvalue weighted by Gasteiger charge is -2.36. The molecule has 0 unspecified atom stereocenters. The van der Waals surface area contributed by atoms with Crippen molar-refractivity contribution in [2.24, 2.45) is 0 Å². The molecule has 1 N–H and O–H groups in total. The molecule has 2 aliphatic heterocycles. The monoisotopic (exact) mass is 494 g/mol. The van der Waals surface area contributed by atoms with Crippen LogP contribution in [0.4, 0.5) is 5.69 Å². The Morgan fingerprint density at radius 2 is 1.93 bits per heavy atom. The molecule has 2 aromatic heterocycles. The second kappa shape index (κ2) is 7.40. The van der Waals surface area contributed by atoms with Gasteiger partial charge in [-0.3, -0.25) is 9.89 Å². The van der Waals surface area contributed by atoms with E-state index >= 15 is 0 Å². The highest BCUT2D eigenvalue weighted by atomic mass is 79.9. The number of aromatic nitrogens is 2. The number of halogens is 2. The highest BCUT2D eigenvalue weighted by Crippen LogP contribution is 2.47. The fraction of sp³-hybridized carbons (Fsp3) is 0.263. The Labute approximate surface area is 184 Å². The van der Waals surface area contributed by atoms with E-state index in [-0.39, 0.29) is 5.91 Å². The van der Waals surface area contributed by atoms with Crippen LogP contribution < -0.4 is 4.90 Å². The largest absolute Gasteiger partial charge is 0.368 e. The van der Waals surface area contributed by atoms with Crippen LogP contribution in [-0.4, -0.2) is 47.2 Å². The molecule has 0 saturated carbocycles. The summed E-state index contributed by atoms with van der Waals surface area (Å²) in [4.78, 5) is 17.3. The van der Waals surface area contributed by atoms with Gasteiger partial charge in [-0.2, -0.15) is 5.10 Å². The van der Waals surface area contributed by atoms with E-state index in [9.17, 15) is 4.79 Å². The Hall–Kier alpha value is -1.48. The number of hydrogen-bond donors (Lipinski definition) is 1. The van der Waals surface area contributed by atoms with E-state index in [1.165, 1.54) is 4.21 Å². The van der Waals surface area contributed by atoms with E-state index in [1.54, 1.807) is 23.1 Å². The van der Waals surface area contributed by atoms with Gasteiger partial charge < -0.3 is 9.80 Å². The second-order valence-electron chi connectivity index (χ2n) is 6.72. The van der Waals surface area contributed by atoms with Crippen LogP contribution in [0.3, 0.4) is 0 Å². The number of amides is 1.